The summed E-state index contributed by atoms with van der Waals surface area (Å²) in [6.07, 6.45) is 0. The van der Waals surface area contributed by atoms with Gasteiger partial charge in [-0.25, -0.2) is 0 Å². The summed E-state index contributed by atoms with van der Waals surface area (Å²) in [5, 5.41) is 8.18. The third-order valence-corrected chi connectivity index (χ3v) is 0.925. The number of carboxylic acid groups (broad SMARTS) is 1. The van der Waals surface area contributed by atoms with Gasteiger partial charge in [-0.2, -0.15) is 0 Å². The van der Waals surface area contributed by atoms with Crippen LogP contribution in [0.15, 0.2) is 0 Å². The van der Waals surface area contributed by atoms with Gasteiger partial charge in [0.05, 0.1) is 7.11 Å². The van der Waals surface area contributed by atoms with Gasteiger partial charge in [0.25, 0.3) is 0 Å². The van der Waals surface area contributed by atoms with Crippen molar-refractivity contribution in [1.82, 2.24) is 0 Å². The summed E-state index contributed by atoms with van der Waals surface area (Å²) < 4.78 is 4.15. The Morgan fingerprint density at radius 2 is 1.82 bits per heavy atom. The van der Waals surface area contributed by atoms with E-state index in [1.807, 2.05) is 0 Å². The first-order valence-corrected chi connectivity index (χ1v) is 2.40. The molecule has 0 fully saturated rings. The number of hydrogen-bond acceptors (Lipinski definition) is 3. The Morgan fingerprint density at radius 1 is 1.45 bits per heavy atom. The van der Waals surface area contributed by atoms with Gasteiger partial charge in [-0.1, -0.05) is 0 Å². The number of aliphatic carboxylic acids is 1. The Balaban J connectivity index is -0.000000320. The van der Waals surface area contributed by atoms with Crippen LogP contribution in [0.3, 0.4) is 0 Å². The second-order valence-corrected chi connectivity index (χ2v) is 1.58. The molecule has 1 atom stereocenters. The van der Waals surface area contributed by atoms with Crippen molar-refractivity contribution >= 4 is 11.9 Å². The number of carbonyl (C=O) groups is 2. The van der Waals surface area contributed by atoms with Gasteiger partial charge in [0, 0.05) is 0 Å². The molecule has 0 radical (unpaired) electrons. The Bertz CT molecular complexity index is 135. The number of methoxy groups -OCH3 is 1. The van der Waals surface area contributed by atoms with Gasteiger partial charge >= 0.3 is 41.5 Å². The minimum absolute atomic E-state index is 0. The molecule has 0 rings (SSSR count). The minimum Gasteiger partial charge on any atom is -0.481 e. The van der Waals surface area contributed by atoms with Gasteiger partial charge in [0.2, 0.25) is 0 Å². The number of ether oxygens (including phenoxy) is 1. The first kappa shape index (κ1) is 17.1. The van der Waals surface area contributed by atoms with Crippen molar-refractivity contribution in [1.29, 1.82) is 0 Å². The Hall–Kier alpha value is -0.0600. The van der Waals surface area contributed by atoms with E-state index in [4.69, 9.17) is 5.11 Å². The fourth-order valence-corrected chi connectivity index (χ4v) is 0.278. The van der Waals surface area contributed by atoms with Gasteiger partial charge < -0.3 is 17.3 Å². The zero-order valence-electron chi connectivity index (χ0n) is 7.25. The molecule has 0 aliphatic heterocycles. The summed E-state index contributed by atoms with van der Waals surface area (Å²) in [5.41, 5.74) is 0. The fourth-order valence-electron chi connectivity index (χ4n) is 0.278. The number of carbonyl (C=O) groups excluding carboxylic acids is 1. The summed E-state index contributed by atoms with van der Waals surface area (Å²) in [6, 6.07) is 0. The zero-order chi connectivity index (χ0) is 7.44. The maximum absolute atomic E-state index is 10.4. The summed E-state index contributed by atoms with van der Waals surface area (Å²) >= 11 is 0. The molecule has 0 bridgehead atoms. The normalized spacial score (nSPS) is 10.0. The largest absolute Gasteiger partial charge is 1.00 e. The monoisotopic (exact) mass is 170 g/mol. The fraction of sp³-hybridized carbons (Fsp3) is 0.500. The molecule has 0 aromatic carbocycles. The predicted octanol–water partition coefficient (Wildman–Crippen LogP) is -2.67. The van der Waals surface area contributed by atoms with Gasteiger partial charge in [0.1, 0.15) is 0 Å². The molecule has 0 amide bonds. The van der Waals surface area contributed by atoms with Gasteiger partial charge in [-0.15, -0.1) is 0 Å². The van der Waals surface area contributed by atoms with Crippen molar-refractivity contribution in [2.45, 2.75) is 6.92 Å². The van der Waals surface area contributed by atoms with E-state index in [1.165, 1.54) is 6.92 Å². The third-order valence-electron chi connectivity index (χ3n) is 0.925. The van der Waals surface area contributed by atoms with E-state index < -0.39 is 17.9 Å². The summed E-state index contributed by atoms with van der Waals surface area (Å²) in [7, 11) is 1.15. The molecule has 0 saturated carbocycles. The van der Waals surface area contributed by atoms with Crippen LogP contribution in [0.25, 0.3) is 0 Å². The quantitative estimate of drug-likeness (QED) is 0.212. The van der Waals surface area contributed by atoms with Crippen molar-refractivity contribution in [3.63, 3.8) is 0 Å². The summed E-state index contributed by atoms with van der Waals surface area (Å²) in [5.74, 6) is -2.95. The molecular formula is C6H11NaO4. The topological polar surface area (TPSA) is 63.6 Å². The van der Waals surface area contributed by atoms with E-state index in [1.54, 1.807) is 0 Å². The molecule has 0 heterocycles. The van der Waals surface area contributed by atoms with Crippen LogP contribution in [-0.2, 0) is 14.3 Å². The molecule has 60 valence electrons. The number of rotatable bonds is 2. The first-order chi connectivity index (χ1) is 4.09. The average Bonchev–Trinajstić information content (AvgIpc) is 1.84. The third kappa shape index (κ3) is 6.34. The molecule has 1 unspecified atom stereocenters. The van der Waals surface area contributed by atoms with E-state index in [0.29, 0.717) is 0 Å². The van der Waals surface area contributed by atoms with Crippen LogP contribution in [0.5, 0.6) is 0 Å². The SMILES string of the molecule is COC(=O)C(C)C(=O)O.[CH3-].[Na+]. The smallest absolute Gasteiger partial charge is 0.481 e. The van der Waals surface area contributed by atoms with Crippen molar-refractivity contribution in [3.05, 3.63) is 7.43 Å². The molecule has 5 heteroatoms. The maximum atomic E-state index is 10.4. The standard InChI is InChI=1S/C5H8O4.CH3.Na/c1-3(4(6)7)5(8)9-2;;/h3H,1-2H3,(H,6,7);1H3;/q;-1;+1. The molecule has 4 nitrogen and oxygen atoms in total. The van der Waals surface area contributed by atoms with Crippen LogP contribution in [0, 0.1) is 13.3 Å². The summed E-state index contributed by atoms with van der Waals surface area (Å²) in [6.45, 7) is 1.27. The number of esters is 1. The second kappa shape index (κ2) is 8.04. The van der Waals surface area contributed by atoms with E-state index in [9.17, 15) is 9.59 Å². The molecule has 0 spiro atoms. The van der Waals surface area contributed by atoms with Crippen LogP contribution < -0.4 is 29.6 Å². The zero-order valence-corrected chi connectivity index (χ0v) is 9.25. The van der Waals surface area contributed by atoms with Crippen LogP contribution in [0.4, 0.5) is 0 Å². The van der Waals surface area contributed by atoms with Crippen LogP contribution in [0.1, 0.15) is 6.92 Å². The van der Waals surface area contributed by atoms with E-state index in [2.05, 4.69) is 4.74 Å². The second-order valence-electron chi connectivity index (χ2n) is 1.58. The predicted molar refractivity (Wildman–Crippen MR) is 35.2 cm³/mol. The molecule has 0 saturated heterocycles. The van der Waals surface area contributed by atoms with Crippen molar-refractivity contribution in [3.8, 4) is 0 Å². The van der Waals surface area contributed by atoms with E-state index >= 15 is 0 Å². The number of hydrogen-bond donors (Lipinski definition) is 1. The first-order valence-electron chi connectivity index (χ1n) is 2.40. The van der Waals surface area contributed by atoms with E-state index in [0.717, 1.165) is 7.11 Å². The molecule has 0 aliphatic carbocycles. The Labute approximate surface area is 88.2 Å². The molecular weight excluding hydrogens is 159 g/mol. The summed E-state index contributed by atoms with van der Waals surface area (Å²) in [4.78, 5) is 20.3. The van der Waals surface area contributed by atoms with Crippen molar-refractivity contribution in [2.24, 2.45) is 5.92 Å². The van der Waals surface area contributed by atoms with E-state index in [-0.39, 0.29) is 37.0 Å². The van der Waals surface area contributed by atoms with Crippen molar-refractivity contribution in [2.75, 3.05) is 7.11 Å². The van der Waals surface area contributed by atoms with Crippen LogP contribution in [0.2, 0.25) is 0 Å². The van der Waals surface area contributed by atoms with Crippen LogP contribution in [-0.4, -0.2) is 24.2 Å². The Kier molecular flexibility index (Phi) is 12.5. The minimum atomic E-state index is -1.16. The van der Waals surface area contributed by atoms with Gasteiger partial charge in [-0.05, 0) is 6.92 Å². The number of carboxylic acids is 1. The van der Waals surface area contributed by atoms with Crippen LogP contribution >= 0.6 is 0 Å². The average molecular weight is 170 g/mol. The van der Waals surface area contributed by atoms with Crippen molar-refractivity contribution < 1.29 is 49.0 Å². The molecule has 11 heavy (non-hydrogen) atoms. The van der Waals surface area contributed by atoms with Gasteiger partial charge in [0.15, 0.2) is 5.92 Å². The molecule has 0 aromatic rings. The van der Waals surface area contributed by atoms with Gasteiger partial charge in [-0.3, -0.25) is 9.59 Å². The Morgan fingerprint density at radius 3 is 1.91 bits per heavy atom. The molecule has 1 N–H and O–H groups in total. The maximum Gasteiger partial charge on any atom is 1.00 e. The molecule has 0 aliphatic rings. The molecule has 0 aromatic heterocycles.